The summed E-state index contributed by atoms with van der Waals surface area (Å²) in [6.07, 6.45) is 11.9. The van der Waals surface area contributed by atoms with Gasteiger partial charge < -0.3 is 0 Å². The molecule has 1 rings (SSSR count). The molecule has 1 aliphatic heterocycles. The Morgan fingerprint density at radius 2 is 1.35 bits per heavy atom. The van der Waals surface area contributed by atoms with Crippen molar-refractivity contribution in [2.24, 2.45) is 0 Å². The van der Waals surface area contributed by atoms with Crippen LogP contribution in [0.1, 0.15) is 79.1 Å². The first kappa shape index (κ1) is 18.8. The van der Waals surface area contributed by atoms with E-state index in [4.69, 9.17) is 0 Å². The molecule has 0 saturated carbocycles. The Morgan fingerprint density at radius 3 is 1.75 bits per heavy atom. The molecule has 1 fully saturated rings. The van der Waals surface area contributed by atoms with Crippen molar-refractivity contribution in [3.05, 3.63) is 0 Å². The second-order valence-electron chi connectivity index (χ2n) is 6.96. The van der Waals surface area contributed by atoms with Crippen molar-refractivity contribution >= 4 is 18.4 Å². The third kappa shape index (κ3) is 5.19. The van der Waals surface area contributed by atoms with E-state index in [1.807, 2.05) is 0 Å². The van der Waals surface area contributed by atoms with E-state index in [9.17, 15) is 0 Å². The van der Waals surface area contributed by atoms with Crippen LogP contribution in [0.2, 0.25) is 13.3 Å². The quantitative estimate of drug-likeness (QED) is 0.401. The fourth-order valence-electron chi connectivity index (χ4n) is 4.36. The molecule has 0 amide bonds. The second kappa shape index (κ2) is 10.5. The van der Waals surface area contributed by atoms with Crippen molar-refractivity contribution in [2.45, 2.75) is 96.4 Å². The standard InChI is InChI=1S/C6H12N.3C4H9.Sn/c1-2-7-5-3-4-6-7;3*1-3-4-2;/h5H,2-4,6H2,1H3;3*1,3-4H2,2H3;. The molecule has 0 bridgehead atoms. The predicted octanol–water partition coefficient (Wildman–Crippen LogP) is 5.86. The van der Waals surface area contributed by atoms with Gasteiger partial charge in [-0.25, -0.2) is 0 Å². The molecule has 1 atom stereocenters. The van der Waals surface area contributed by atoms with Crippen molar-refractivity contribution < 1.29 is 0 Å². The summed E-state index contributed by atoms with van der Waals surface area (Å²) in [5.74, 6) is 0. The molecule has 20 heavy (non-hydrogen) atoms. The SMILES string of the molecule is CCC[CH2][Sn]([CH2]CCC)([CH2]CCC)[C@H]1CCCN1CC. The van der Waals surface area contributed by atoms with Crippen LogP contribution in [0.5, 0.6) is 0 Å². The van der Waals surface area contributed by atoms with Crippen LogP contribution in [-0.4, -0.2) is 40.4 Å². The average molecular weight is 388 g/mol. The number of rotatable bonds is 11. The number of hydrogen-bond donors (Lipinski definition) is 0. The minimum atomic E-state index is -1.96. The Morgan fingerprint density at radius 1 is 0.850 bits per heavy atom. The first-order valence-electron chi connectivity index (χ1n) is 9.48. The Labute approximate surface area is 132 Å². The van der Waals surface area contributed by atoms with Crippen LogP contribution in [0.4, 0.5) is 0 Å². The van der Waals surface area contributed by atoms with Gasteiger partial charge in [-0.05, 0) is 0 Å². The molecule has 0 spiro atoms. The molecular formula is C18H39NSn. The van der Waals surface area contributed by atoms with Gasteiger partial charge in [0, 0.05) is 0 Å². The topological polar surface area (TPSA) is 3.24 Å². The van der Waals surface area contributed by atoms with E-state index >= 15 is 0 Å². The third-order valence-corrected chi connectivity index (χ3v) is 23.0. The maximum atomic E-state index is 2.90. The summed E-state index contributed by atoms with van der Waals surface area (Å²) in [5.41, 5.74) is 0. The summed E-state index contributed by atoms with van der Waals surface area (Å²) in [7, 11) is 0. The van der Waals surface area contributed by atoms with Crippen LogP contribution in [0, 0.1) is 0 Å². The first-order valence-corrected chi connectivity index (χ1v) is 17.2. The number of unbranched alkanes of at least 4 members (excludes halogenated alkanes) is 3. The molecule has 1 heterocycles. The second-order valence-corrected chi connectivity index (χ2v) is 20.9. The molecule has 0 aromatic heterocycles. The van der Waals surface area contributed by atoms with Gasteiger partial charge in [0.15, 0.2) is 0 Å². The third-order valence-electron chi connectivity index (χ3n) is 5.56. The zero-order chi connectivity index (χ0) is 14.8. The molecule has 1 saturated heterocycles. The van der Waals surface area contributed by atoms with E-state index in [0.717, 1.165) is 4.06 Å². The van der Waals surface area contributed by atoms with Gasteiger partial charge in [-0.2, -0.15) is 0 Å². The minimum absolute atomic E-state index is 1.10. The molecule has 2 heteroatoms. The molecule has 120 valence electrons. The van der Waals surface area contributed by atoms with Gasteiger partial charge in [-0.3, -0.25) is 0 Å². The van der Waals surface area contributed by atoms with Gasteiger partial charge in [0.2, 0.25) is 0 Å². The maximum absolute atomic E-state index is 2.90. The van der Waals surface area contributed by atoms with E-state index in [1.165, 1.54) is 58.0 Å². The van der Waals surface area contributed by atoms with E-state index in [-0.39, 0.29) is 0 Å². The fourth-order valence-corrected chi connectivity index (χ4v) is 23.8. The molecule has 1 aliphatic rings. The van der Waals surface area contributed by atoms with Crippen molar-refractivity contribution in [1.82, 2.24) is 4.90 Å². The summed E-state index contributed by atoms with van der Waals surface area (Å²) in [4.78, 5) is 2.90. The van der Waals surface area contributed by atoms with E-state index < -0.39 is 18.4 Å². The van der Waals surface area contributed by atoms with Crippen molar-refractivity contribution in [1.29, 1.82) is 0 Å². The molecule has 0 radical (unpaired) electrons. The zero-order valence-electron chi connectivity index (χ0n) is 14.7. The Hall–Kier alpha value is 0.759. The fraction of sp³-hybridized carbons (Fsp3) is 1.00. The molecule has 0 aromatic rings. The first-order chi connectivity index (χ1) is 9.74. The summed E-state index contributed by atoms with van der Waals surface area (Å²) >= 11 is -1.96. The van der Waals surface area contributed by atoms with Crippen LogP contribution in [-0.2, 0) is 0 Å². The Balaban J connectivity index is 2.85. The van der Waals surface area contributed by atoms with Gasteiger partial charge >= 0.3 is 133 Å². The van der Waals surface area contributed by atoms with Crippen LogP contribution in [0.15, 0.2) is 0 Å². The van der Waals surface area contributed by atoms with Crippen LogP contribution < -0.4 is 0 Å². The van der Waals surface area contributed by atoms with Crippen LogP contribution in [0.25, 0.3) is 0 Å². The molecular weight excluding hydrogens is 349 g/mol. The number of nitrogens with zero attached hydrogens (tertiary/aromatic N) is 1. The molecule has 1 nitrogen and oxygen atoms in total. The molecule has 0 aliphatic carbocycles. The normalized spacial score (nSPS) is 20.7. The summed E-state index contributed by atoms with van der Waals surface area (Å²) in [6, 6.07) is 0. The van der Waals surface area contributed by atoms with Gasteiger partial charge in [0.05, 0.1) is 0 Å². The monoisotopic (exact) mass is 389 g/mol. The molecule has 0 aromatic carbocycles. The van der Waals surface area contributed by atoms with Crippen molar-refractivity contribution in [3.63, 3.8) is 0 Å². The molecule has 0 N–H and O–H groups in total. The predicted molar refractivity (Wildman–Crippen MR) is 95.2 cm³/mol. The number of hydrogen-bond acceptors (Lipinski definition) is 1. The van der Waals surface area contributed by atoms with E-state index in [0.29, 0.717) is 0 Å². The van der Waals surface area contributed by atoms with Crippen molar-refractivity contribution in [2.75, 3.05) is 13.1 Å². The van der Waals surface area contributed by atoms with Gasteiger partial charge in [-0.15, -0.1) is 0 Å². The summed E-state index contributed by atoms with van der Waals surface area (Å²) in [5, 5.41) is 0. The Kier molecular flexibility index (Phi) is 9.85. The summed E-state index contributed by atoms with van der Waals surface area (Å²) in [6.45, 7) is 12.3. The van der Waals surface area contributed by atoms with Crippen LogP contribution in [0.3, 0.4) is 0 Å². The molecule has 0 unspecified atom stereocenters. The van der Waals surface area contributed by atoms with Gasteiger partial charge in [0.25, 0.3) is 0 Å². The Bertz CT molecular complexity index is 220. The van der Waals surface area contributed by atoms with Crippen LogP contribution >= 0.6 is 0 Å². The zero-order valence-corrected chi connectivity index (χ0v) is 17.6. The number of likely N-dealkylation sites (tertiary alicyclic amines) is 1. The van der Waals surface area contributed by atoms with E-state index in [2.05, 4.69) is 32.6 Å². The van der Waals surface area contributed by atoms with Gasteiger partial charge in [-0.1, -0.05) is 0 Å². The summed E-state index contributed by atoms with van der Waals surface area (Å²) < 4.78 is 6.16. The van der Waals surface area contributed by atoms with E-state index in [1.54, 1.807) is 19.7 Å². The average Bonchev–Trinajstić information content (AvgIpc) is 2.96. The van der Waals surface area contributed by atoms with Crippen molar-refractivity contribution in [3.8, 4) is 0 Å². The van der Waals surface area contributed by atoms with Gasteiger partial charge in [0.1, 0.15) is 0 Å².